The minimum Gasteiger partial charge on any atom is -0.381 e. The second-order valence-corrected chi connectivity index (χ2v) is 8.62. The molecule has 0 bridgehead atoms. The van der Waals surface area contributed by atoms with Crippen LogP contribution < -0.4 is 5.32 Å². The second kappa shape index (κ2) is 6.61. The number of nitrogens with one attached hydrogen (secondary N) is 1. The third-order valence-corrected chi connectivity index (χ3v) is 6.93. The number of hydrogen-bond donors (Lipinski definition) is 1. The van der Waals surface area contributed by atoms with Gasteiger partial charge in [-0.2, -0.15) is 0 Å². The highest BCUT2D eigenvalue weighted by molar-refractivity contribution is 7.91. The zero-order chi connectivity index (χ0) is 16.3. The molecule has 2 fully saturated rings. The van der Waals surface area contributed by atoms with Gasteiger partial charge >= 0.3 is 0 Å². The number of benzene rings is 1. The SMILES string of the molecule is O=C(CCS(=O)(=O)c1ccccc1)NC1CCC12CCOCC2. The van der Waals surface area contributed by atoms with Gasteiger partial charge in [-0.05, 0) is 43.2 Å². The van der Waals surface area contributed by atoms with Crippen LogP contribution in [-0.2, 0) is 19.4 Å². The maximum Gasteiger partial charge on any atom is 0.221 e. The van der Waals surface area contributed by atoms with Gasteiger partial charge in [-0.1, -0.05) is 18.2 Å². The number of ether oxygens (including phenoxy) is 1. The summed E-state index contributed by atoms with van der Waals surface area (Å²) in [4.78, 5) is 12.4. The molecule has 1 saturated heterocycles. The number of carbonyl (C=O) groups excluding carboxylic acids is 1. The van der Waals surface area contributed by atoms with Crippen LogP contribution in [0.2, 0.25) is 0 Å². The molecule has 126 valence electrons. The Labute approximate surface area is 137 Å². The van der Waals surface area contributed by atoms with E-state index in [0.717, 1.165) is 38.9 Å². The van der Waals surface area contributed by atoms with Gasteiger partial charge in [0.15, 0.2) is 9.84 Å². The maximum absolute atomic E-state index is 12.2. The molecule has 3 rings (SSSR count). The summed E-state index contributed by atoms with van der Waals surface area (Å²) in [6, 6.07) is 8.47. The first-order chi connectivity index (χ1) is 11.0. The molecule has 1 spiro atoms. The predicted octanol–water partition coefficient (Wildman–Crippen LogP) is 1.93. The molecule has 1 atom stereocenters. The predicted molar refractivity (Wildman–Crippen MR) is 86.8 cm³/mol. The van der Waals surface area contributed by atoms with Crippen LogP contribution in [-0.4, -0.2) is 39.3 Å². The van der Waals surface area contributed by atoms with Crippen LogP contribution >= 0.6 is 0 Å². The third-order valence-electron chi connectivity index (χ3n) is 5.19. The summed E-state index contributed by atoms with van der Waals surface area (Å²) in [6.45, 7) is 1.52. The molecule has 5 nitrogen and oxygen atoms in total. The molecule has 2 aliphatic rings. The third kappa shape index (κ3) is 3.58. The van der Waals surface area contributed by atoms with E-state index >= 15 is 0 Å². The minimum absolute atomic E-state index is 0.0142. The van der Waals surface area contributed by atoms with Gasteiger partial charge in [0.2, 0.25) is 5.91 Å². The number of hydrogen-bond acceptors (Lipinski definition) is 4. The van der Waals surface area contributed by atoms with Crippen LogP contribution in [0.25, 0.3) is 0 Å². The second-order valence-electron chi connectivity index (χ2n) is 6.52. The Kier molecular flexibility index (Phi) is 4.73. The Bertz CT molecular complexity index is 650. The van der Waals surface area contributed by atoms with Gasteiger partial charge in [0, 0.05) is 25.7 Å². The van der Waals surface area contributed by atoms with Gasteiger partial charge in [-0.25, -0.2) is 8.42 Å². The van der Waals surface area contributed by atoms with E-state index in [-0.39, 0.29) is 34.4 Å². The highest BCUT2D eigenvalue weighted by Gasteiger charge is 2.47. The van der Waals surface area contributed by atoms with E-state index in [1.807, 2.05) is 0 Å². The Hall–Kier alpha value is -1.40. The van der Waals surface area contributed by atoms with Gasteiger partial charge in [0.05, 0.1) is 10.6 Å². The fourth-order valence-corrected chi connectivity index (χ4v) is 4.80. The lowest BCUT2D eigenvalue weighted by molar-refractivity contribution is -0.126. The number of carbonyl (C=O) groups is 1. The molecule has 1 aliphatic heterocycles. The standard InChI is InChI=1S/C17H23NO4S/c19-16(7-13-23(20,21)14-4-2-1-3-5-14)18-15-6-8-17(15)9-11-22-12-10-17/h1-5,15H,6-13H2,(H,18,19). The first kappa shape index (κ1) is 16.5. The van der Waals surface area contributed by atoms with Crippen molar-refractivity contribution in [2.75, 3.05) is 19.0 Å². The average molecular weight is 337 g/mol. The molecular formula is C17H23NO4S. The van der Waals surface area contributed by atoms with Gasteiger partial charge in [-0.15, -0.1) is 0 Å². The van der Waals surface area contributed by atoms with E-state index < -0.39 is 9.84 Å². The number of rotatable bonds is 5. The van der Waals surface area contributed by atoms with E-state index in [1.54, 1.807) is 30.3 Å². The Balaban J connectivity index is 1.52. The fraction of sp³-hybridized carbons (Fsp3) is 0.588. The van der Waals surface area contributed by atoms with Crippen molar-refractivity contribution in [2.24, 2.45) is 5.41 Å². The van der Waals surface area contributed by atoms with Crippen molar-refractivity contribution in [1.29, 1.82) is 0 Å². The van der Waals surface area contributed by atoms with Crippen molar-refractivity contribution in [1.82, 2.24) is 5.32 Å². The van der Waals surface area contributed by atoms with Crippen molar-refractivity contribution < 1.29 is 17.9 Å². The van der Waals surface area contributed by atoms with E-state index in [0.29, 0.717) is 0 Å². The largest absolute Gasteiger partial charge is 0.381 e. The smallest absolute Gasteiger partial charge is 0.221 e. The lowest BCUT2D eigenvalue weighted by Crippen LogP contribution is -2.57. The van der Waals surface area contributed by atoms with Crippen molar-refractivity contribution in [2.45, 2.75) is 43.0 Å². The highest BCUT2D eigenvalue weighted by atomic mass is 32.2. The minimum atomic E-state index is -3.39. The van der Waals surface area contributed by atoms with Crippen molar-refractivity contribution in [3.05, 3.63) is 30.3 Å². The van der Waals surface area contributed by atoms with Crippen molar-refractivity contribution in [3.8, 4) is 0 Å². The molecule has 0 aromatic heterocycles. The van der Waals surface area contributed by atoms with Crippen LogP contribution in [0.4, 0.5) is 0 Å². The first-order valence-corrected chi connectivity index (χ1v) is 9.82. The zero-order valence-electron chi connectivity index (χ0n) is 13.2. The molecule has 6 heteroatoms. The summed E-state index contributed by atoms with van der Waals surface area (Å²) in [7, 11) is -3.39. The molecular weight excluding hydrogens is 314 g/mol. The summed E-state index contributed by atoms with van der Waals surface area (Å²) in [5.41, 5.74) is 0.187. The molecule has 23 heavy (non-hydrogen) atoms. The first-order valence-electron chi connectivity index (χ1n) is 8.17. The molecule has 1 amide bonds. The molecule has 1 heterocycles. The summed E-state index contributed by atoms with van der Waals surface area (Å²) in [5.74, 6) is -0.314. The molecule has 1 saturated carbocycles. The summed E-state index contributed by atoms with van der Waals surface area (Å²) >= 11 is 0. The van der Waals surface area contributed by atoms with Gasteiger partial charge < -0.3 is 10.1 Å². The molecule has 1 aromatic carbocycles. The molecule has 1 unspecified atom stereocenters. The fourth-order valence-electron chi connectivity index (χ4n) is 3.54. The highest BCUT2D eigenvalue weighted by Crippen LogP contribution is 2.48. The van der Waals surface area contributed by atoms with Gasteiger partial charge in [-0.3, -0.25) is 4.79 Å². The number of sulfone groups is 1. The van der Waals surface area contributed by atoms with Crippen LogP contribution in [0.3, 0.4) is 0 Å². The zero-order valence-corrected chi connectivity index (χ0v) is 14.0. The van der Waals surface area contributed by atoms with Crippen molar-refractivity contribution in [3.63, 3.8) is 0 Å². The van der Waals surface area contributed by atoms with E-state index in [1.165, 1.54) is 0 Å². The monoisotopic (exact) mass is 337 g/mol. The lowest BCUT2D eigenvalue weighted by Gasteiger charge is -2.52. The maximum atomic E-state index is 12.2. The summed E-state index contributed by atoms with van der Waals surface area (Å²) < 4.78 is 29.8. The van der Waals surface area contributed by atoms with Crippen LogP contribution in [0.1, 0.15) is 32.1 Å². The summed E-state index contributed by atoms with van der Waals surface area (Å²) in [6.07, 6.45) is 4.10. The van der Waals surface area contributed by atoms with Gasteiger partial charge in [0.25, 0.3) is 0 Å². The Morgan fingerprint density at radius 3 is 2.48 bits per heavy atom. The van der Waals surface area contributed by atoms with E-state index in [2.05, 4.69) is 5.32 Å². The average Bonchev–Trinajstić information content (AvgIpc) is 2.58. The molecule has 1 N–H and O–H groups in total. The quantitative estimate of drug-likeness (QED) is 0.891. The molecule has 0 radical (unpaired) electrons. The Morgan fingerprint density at radius 2 is 1.87 bits per heavy atom. The van der Waals surface area contributed by atoms with E-state index in [4.69, 9.17) is 4.74 Å². The normalized spacial score (nSPS) is 23.2. The van der Waals surface area contributed by atoms with Crippen LogP contribution in [0.15, 0.2) is 35.2 Å². The number of amides is 1. The summed E-state index contributed by atoms with van der Waals surface area (Å²) in [5, 5.41) is 3.04. The Morgan fingerprint density at radius 1 is 1.17 bits per heavy atom. The molecule has 1 aromatic rings. The van der Waals surface area contributed by atoms with Crippen LogP contribution in [0, 0.1) is 5.41 Å². The van der Waals surface area contributed by atoms with Crippen LogP contribution in [0.5, 0.6) is 0 Å². The van der Waals surface area contributed by atoms with E-state index in [9.17, 15) is 13.2 Å². The molecule has 1 aliphatic carbocycles. The topological polar surface area (TPSA) is 72.5 Å². The van der Waals surface area contributed by atoms with Crippen molar-refractivity contribution >= 4 is 15.7 Å². The van der Waals surface area contributed by atoms with Gasteiger partial charge in [0.1, 0.15) is 0 Å². The lowest BCUT2D eigenvalue weighted by atomic mass is 9.60.